The van der Waals surface area contributed by atoms with Gasteiger partial charge in [0.2, 0.25) is 0 Å². The molecule has 2 aromatic rings. The van der Waals surface area contributed by atoms with Crippen molar-refractivity contribution in [2.75, 3.05) is 13.1 Å². The Hall–Kier alpha value is -2.82. The molecule has 1 amide bonds. The summed E-state index contributed by atoms with van der Waals surface area (Å²) in [5.74, 6) is -1.84. The Labute approximate surface area is 144 Å². The second kappa shape index (κ2) is 8.87. The number of benzene rings is 2. The summed E-state index contributed by atoms with van der Waals surface area (Å²) in [5, 5.41) is 0. The third-order valence-corrected chi connectivity index (χ3v) is 3.40. The molecular weight excluding hydrogens is 327 g/mol. The Kier molecular flexibility index (Phi) is 6.57. The fourth-order valence-corrected chi connectivity index (χ4v) is 2.18. The van der Waals surface area contributed by atoms with Crippen LogP contribution in [0.2, 0.25) is 0 Å². The number of carbonyl (C=O) groups is 1. The van der Waals surface area contributed by atoms with E-state index in [1.165, 1.54) is 0 Å². The van der Waals surface area contributed by atoms with Crippen LogP contribution < -0.4 is 0 Å². The number of nitrogens with zero attached hydrogens (tertiary/aromatic N) is 1. The highest BCUT2D eigenvalue weighted by molar-refractivity contribution is 5.82. The van der Waals surface area contributed by atoms with Crippen molar-refractivity contribution in [3.8, 4) is 0 Å². The first-order chi connectivity index (χ1) is 12.0. The van der Waals surface area contributed by atoms with E-state index >= 15 is 0 Å². The predicted molar refractivity (Wildman–Crippen MR) is 93.6 cm³/mol. The molecule has 0 aromatic heterocycles. The minimum Gasteiger partial charge on any atom is -0.327 e. The Morgan fingerprint density at radius 1 is 0.800 bits per heavy atom. The van der Waals surface area contributed by atoms with Crippen LogP contribution in [0.15, 0.2) is 72.8 Å². The van der Waals surface area contributed by atoms with E-state index in [1.54, 1.807) is 24.3 Å². The number of rotatable bonds is 6. The molecule has 0 N–H and O–H groups in total. The van der Waals surface area contributed by atoms with Crippen molar-refractivity contribution in [2.45, 2.75) is 6.18 Å². The van der Waals surface area contributed by atoms with Crippen LogP contribution in [0.1, 0.15) is 11.1 Å². The summed E-state index contributed by atoms with van der Waals surface area (Å²) in [4.78, 5) is 12.3. The van der Waals surface area contributed by atoms with E-state index < -0.39 is 12.1 Å². The lowest BCUT2D eigenvalue weighted by Gasteiger charge is -2.20. The van der Waals surface area contributed by atoms with Gasteiger partial charge < -0.3 is 4.90 Å². The fourth-order valence-electron chi connectivity index (χ4n) is 2.18. The van der Waals surface area contributed by atoms with Gasteiger partial charge in [-0.15, -0.1) is 0 Å². The number of alkyl halides is 3. The van der Waals surface area contributed by atoms with Crippen LogP contribution in [-0.2, 0) is 4.79 Å². The summed E-state index contributed by atoms with van der Waals surface area (Å²) >= 11 is 0. The average Bonchev–Trinajstić information content (AvgIpc) is 2.61. The maximum atomic E-state index is 12.8. The van der Waals surface area contributed by atoms with E-state index in [0.717, 1.165) is 16.0 Å². The first-order valence-corrected chi connectivity index (χ1v) is 7.76. The van der Waals surface area contributed by atoms with Gasteiger partial charge in [0, 0.05) is 13.1 Å². The molecule has 0 aliphatic rings. The fraction of sp³-hybridized carbons (Fsp3) is 0.150. The van der Waals surface area contributed by atoms with Crippen molar-refractivity contribution in [3.05, 3.63) is 83.9 Å². The zero-order valence-corrected chi connectivity index (χ0v) is 13.5. The van der Waals surface area contributed by atoms with Gasteiger partial charge in [-0.2, -0.15) is 13.2 Å². The summed E-state index contributed by atoms with van der Waals surface area (Å²) in [6, 6.07) is 18.4. The van der Waals surface area contributed by atoms with Crippen LogP contribution in [0, 0.1) is 0 Å². The number of hydrogen-bond acceptors (Lipinski definition) is 1. The van der Waals surface area contributed by atoms with Crippen molar-refractivity contribution in [1.82, 2.24) is 4.90 Å². The molecule has 2 nitrogen and oxygen atoms in total. The van der Waals surface area contributed by atoms with E-state index in [4.69, 9.17) is 0 Å². The van der Waals surface area contributed by atoms with Crippen LogP contribution in [0.4, 0.5) is 13.2 Å². The summed E-state index contributed by atoms with van der Waals surface area (Å²) in [7, 11) is 0. The molecule has 0 aliphatic heterocycles. The normalized spacial score (nSPS) is 12.0. The van der Waals surface area contributed by atoms with Crippen LogP contribution in [0.5, 0.6) is 0 Å². The van der Waals surface area contributed by atoms with Gasteiger partial charge >= 0.3 is 12.1 Å². The Bertz CT molecular complexity index is 670. The monoisotopic (exact) mass is 345 g/mol. The van der Waals surface area contributed by atoms with Gasteiger partial charge in [0.05, 0.1) is 0 Å². The second-order valence-corrected chi connectivity index (χ2v) is 5.33. The lowest BCUT2D eigenvalue weighted by molar-refractivity contribution is -0.184. The van der Waals surface area contributed by atoms with Gasteiger partial charge in [-0.3, -0.25) is 4.79 Å². The zero-order chi connectivity index (χ0) is 18.1. The molecule has 0 bridgehead atoms. The van der Waals surface area contributed by atoms with Gasteiger partial charge in [0.1, 0.15) is 0 Å². The third-order valence-electron chi connectivity index (χ3n) is 3.40. The number of hydrogen-bond donors (Lipinski definition) is 0. The average molecular weight is 345 g/mol. The van der Waals surface area contributed by atoms with Crippen molar-refractivity contribution in [3.63, 3.8) is 0 Å². The van der Waals surface area contributed by atoms with Crippen LogP contribution in [0.3, 0.4) is 0 Å². The molecule has 0 saturated carbocycles. The number of carbonyl (C=O) groups excluding carboxylic acids is 1. The molecule has 0 radical (unpaired) electrons. The highest BCUT2D eigenvalue weighted by atomic mass is 19.4. The summed E-state index contributed by atoms with van der Waals surface area (Å²) in [6.45, 7) is -0.237. The van der Waals surface area contributed by atoms with Gasteiger partial charge in [0.15, 0.2) is 0 Å². The SMILES string of the molecule is O=C(N(CC=Cc1ccccc1)CC=Cc1ccccc1)C(F)(F)F. The molecule has 0 aliphatic carbocycles. The predicted octanol–water partition coefficient (Wildman–Crippen LogP) is 4.80. The van der Waals surface area contributed by atoms with Crippen molar-refractivity contribution >= 4 is 18.1 Å². The molecular formula is C20H18F3NO. The first kappa shape index (κ1) is 18.5. The first-order valence-electron chi connectivity index (χ1n) is 7.76. The summed E-state index contributed by atoms with van der Waals surface area (Å²) in [6.07, 6.45) is 1.60. The van der Waals surface area contributed by atoms with E-state index in [1.807, 2.05) is 60.7 Å². The summed E-state index contributed by atoms with van der Waals surface area (Å²) < 4.78 is 38.3. The molecule has 0 spiro atoms. The lowest BCUT2D eigenvalue weighted by Crippen LogP contribution is -2.41. The quantitative estimate of drug-likeness (QED) is 0.736. The standard InChI is InChI=1S/C20H18F3NO/c21-20(22,23)19(25)24(15-7-13-17-9-3-1-4-10-17)16-8-14-18-11-5-2-6-12-18/h1-14H,15-16H2. The third kappa shape index (κ3) is 6.30. The van der Waals surface area contributed by atoms with Crippen molar-refractivity contribution < 1.29 is 18.0 Å². The topological polar surface area (TPSA) is 20.3 Å². The van der Waals surface area contributed by atoms with Crippen LogP contribution in [0.25, 0.3) is 12.2 Å². The van der Waals surface area contributed by atoms with Crippen molar-refractivity contribution in [2.24, 2.45) is 0 Å². The largest absolute Gasteiger partial charge is 0.471 e. The van der Waals surface area contributed by atoms with E-state index in [0.29, 0.717) is 0 Å². The highest BCUT2D eigenvalue weighted by Gasteiger charge is 2.41. The molecule has 0 atom stereocenters. The van der Waals surface area contributed by atoms with E-state index in [9.17, 15) is 18.0 Å². The van der Waals surface area contributed by atoms with Crippen molar-refractivity contribution in [1.29, 1.82) is 0 Å². The van der Waals surface area contributed by atoms with E-state index in [2.05, 4.69) is 0 Å². The lowest BCUT2D eigenvalue weighted by atomic mass is 10.2. The van der Waals surface area contributed by atoms with Gasteiger partial charge in [-0.1, -0.05) is 85.0 Å². The van der Waals surface area contributed by atoms with Gasteiger partial charge in [-0.05, 0) is 11.1 Å². The molecule has 0 unspecified atom stereocenters. The molecule has 5 heteroatoms. The molecule has 25 heavy (non-hydrogen) atoms. The highest BCUT2D eigenvalue weighted by Crippen LogP contribution is 2.18. The maximum Gasteiger partial charge on any atom is 0.471 e. The van der Waals surface area contributed by atoms with Crippen LogP contribution in [-0.4, -0.2) is 30.1 Å². The zero-order valence-electron chi connectivity index (χ0n) is 13.5. The molecule has 2 aromatic carbocycles. The maximum absolute atomic E-state index is 12.8. The molecule has 130 valence electrons. The van der Waals surface area contributed by atoms with Gasteiger partial charge in [-0.25, -0.2) is 0 Å². The minimum atomic E-state index is -4.89. The molecule has 0 fully saturated rings. The molecule has 0 saturated heterocycles. The smallest absolute Gasteiger partial charge is 0.327 e. The molecule has 0 heterocycles. The number of amides is 1. The second-order valence-electron chi connectivity index (χ2n) is 5.33. The Morgan fingerprint density at radius 3 is 1.56 bits per heavy atom. The summed E-state index contributed by atoms with van der Waals surface area (Å²) in [5.41, 5.74) is 1.73. The Morgan fingerprint density at radius 2 is 1.20 bits per heavy atom. The minimum absolute atomic E-state index is 0.119. The molecule has 2 rings (SSSR count). The van der Waals surface area contributed by atoms with Gasteiger partial charge in [0.25, 0.3) is 0 Å². The Balaban J connectivity index is 2.04. The van der Waals surface area contributed by atoms with E-state index in [-0.39, 0.29) is 13.1 Å². The van der Waals surface area contributed by atoms with Crippen LogP contribution >= 0.6 is 0 Å². The number of halogens is 3.